The Morgan fingerprint density at radius 2 is 2.05 bits per heavy atom. The Labute approximate surface area is 116 Å². The smallest absolute Gasteiger partial charge is 0.225 e. The average molecular weight is 268 g/mol. The van der Waals surface area contributed by atoms with Crippen LogP contribution in [0.15, 0.2) is 0 Å². The summed E-state index contributed by atoms with van der Waals surface area (Å²) >= 11 is 0. The van der Waals surface area contributed by atoms with E-state index >= 15 is 0 Å². The fraction of sp³-hybridized carbons (Fsp3) is 0.933. The number of ether oxygens (including phenoxy) is 1. The van der Waals surface area contributed by atoms with Crippen LogP contribution in [0.2, 0.25) is 0 Å². The van der Waals surface area contributed by atoms with Gasteiger partial charge in [0.2, 0.25) is 5.91 Å². The van der Waals surface area contributed by atoms with E-state index in [9.17, 15) is 4.79 Å². The van der Waals surface area contributed by atoms with Gasteiger partial charge in [0, 0.05) is 26.2 Å². The number of nitrogens with zero attached hydrogens (tertiary/aromatic N) is 1. The molecule has 1 aliphatic carbocycles. The molecule has 1 heterocycles. The van der Waals surface area contributed by atoms with E-state index < -0.39 is 0 Å². The van der Waals surface area contributed by atoms with Crippen molar-refractivity contribution in [1.29, 1.82) is 0 Å². The highest BCUT2D eigenvalue weighted by molar-refractivity contribution is 5.77. The average Bonchev–Trinajstić information content (AvgIpc) is 2.45. The number of hydrogen-bond acceptors (Lipinski definition) is 3. The normalized spacial score (nSPS) is 22.7. The van der Waals surface area contributed by atoms with Crippen molar-refractivity contribution in [1.82, 2.24) is 10.2 Å². The summed E-state index contributed by atoms with van der Waals surface area (Å²) < 4.78 is 5.46. The van der Waals surface area contributed by atoms with Crippen LogP contribution in [0.25, 0.3) is 0 Å². The van der Waals surface area contributed by atoms with Crippen LogP contribution in [0.1, 0.15) is 51.9 Å². The van der Waals surface area contributed by atoms with E-state index in [1.165, 1.54) is 32.1 Å². The Hall–Kier alpha value is -0.610. The van der Waals surface area contributed by atoms with E-state index in [1.807, 2.05) is 0 Å². The lowest BCUT2D eigenvalue weighted by Gasteiger charge is -2.50. The molecule has 1 saturated carbocycles. The number of piperazine rings is 1. The number of rotatable bonds is 5. The third-order valence-electron chi connectivity index (χ3n) is 4.43. The molecule has 1 aliphatic heterocycles. The van der Waals surface area contributed by atoms with E-state index in [2.05, 4.69) is 17.1 Å². The van der Waals surface area contributed by atoms with E-state index in [0.29, 0.717) is 18.9 Å². The van der Waals surface area contributed by atoms with Crippen LogP contribution >= 0.6 is 0 Å². The molecule has 2 aliphatic rings. The maximum absolute atomic E-state index is 12.5. The number of amides is 1. The second-order valence-corrected chi connectivity index (χ2v) is 5.87. The van der Waals surface area contributed by atoms with Crippen molar-refractivity contribution in [2.45, 2.75) is 57.4 Å². The third-order valence-corrected chi connectivity index (χ3v) is 4.43. The fourth-order valence-corrected chi connectivity index (χ4v) is 3.43. The predicted molar refractivity (Wildman–Crippen MR) is 76.1 cm³/mol. The minimum atomic E-state index is 0.109. The molecule has 0 bridgehead atoms. The number of carbonyl (C=O) groups is 1. The zero-order chi connectivity index (χ0) is 13.6. The number of nitrogens with one attached hydrogen (secondary N) is 1. The van der Waals surface area contributed by atoms with Crippen molar-refractivity contribution >= 4 is 5.91 Å². The molecular weight excluding hydrogens is 240 g/mol. The number of hydrogen-bond donors (Lipinski definition) is 1. The molecule has 1 amide bonds. The highest BCUT2D eigenvalue weighted by Crippen LogP contribution is 2.34. The van der Waals surface area contributed by atoms with Crippen molar-refractivity contribution < 1.29 is 9.53 Å². The van der Waals surface area contributed by atoms with Gasteiger partial charge in [0.05, 0.1) is 18.6 Å². The second-order valence-electron chi connectivity index (χ2n) is 5.87. The van der Waals surface area contributed by atoms with Gasteiger partial charge < -0.3 is 15.0 Å². The van der Waals surface area contributed by atoms with Crippen LogP contribution in [-0.2, 0) is 9.53 Å². The summed E-state index contributed by atoms with van der Waals surface area (Å²) in [4.78, 5) is 14.6. The lowest BCUT2D eigenvalue weighted by Crippen LogP contribution is -2.63. The first-order valence-electron chi connectivity index (χ1n) is 7.87. The SMILES string of the molecule is CCCOCCC(=O)N1CCNCC12CCCCC2. The lowest BCUT2D eigenvalue weighted by atomic mass is 9.79. The molecule has 110 valence electrons. The Morgan fingerprint density at radius 1 is 1.26 bits per heavy atom. The van der Waals surface area contributed by atoms with Gasteiger partial charge in [-0.25, -0.2) is 0 Å². The molecular formula is C15H28N2O2. The summed E-state index contributed by atoms with van der Waals surface area (Å²) in [5.74, 6) is 0.291. The van der Waals surface area contributed by atoms with Crippen molar-refractivity contribution in [2.75, 3.05) is 32.8 Å². The largest absolute Gasteiger partial charge is 0.381 e. The van der Waals surface area contributed by atoms with Crippen LogP contribution < -0.4 is 5.32 Å². The molecule has 0 radical (unpaired) electrons. The minimum Gasteiger partial charge on any atom is -0.381 e. The summed E-state index contributed by atoms with van der Waals surface area (Å²) in [6, 6.07) is 0. The van der Waals surface area contributed by atoms with Crippen molar-refractivity contribution in [3.05, 3.63) is 0 Å². The van der Waals surface area contributed by atoms with Gasteiger partial charge in [-0.15, -0.1) is 0 Å². The van der Waals surface area contributed by atoms with Crippen molar-refractivity contribution in [3.63, 3.8) is 0 Å². The van der Waals surface area contributed by atoms with Gasteiger partial charge in [0.25, 0.3) is 0 Å². The Morgan fingerprint density at radius 3 is 2.79 bits per heavy atom. The van der Waals surface area contributed by atoms with E-state index in [4.69, 9.17) is 4.74 Å². The molecule has 0 aromatic heterocycles. The van der Waals surface area contributed by atoms with Crippen LogP contribution in [0.4, 0.5) is 0 Å². The van der Waals surface area contributed by atoms with Crippen LogP contribution in [0.5, 0.6) is 0 Å². The Bertz CT molecular complexity index is 280. The van der Waals surface area contributed by atoms with E-state index in [-0.39, 0.29) is 5.54 Å². The van der Waals surface area contributed by atoms with Gasteiger partial charge in [-0.3, -0.25) is 4.79 Å². The van der Waals surface area contributed by atoms with Crippen molar-refractivity contribution in [2.24, 2.45) is 0 Å². The standard InChI is InChI=1S/C15H28N2O2/c1-2-11-19-12-6-14(18)17-10-9-16-13-15(17)7-4-3-5-8-15/h16H,2-13H2,1H3. The molecule has 4 heteroatoms. The molecule has 0 atom stereocenters. The Kier molecular flexibility index (Phi) is 5.64. The molecule has 2 fully saturated rings. The van der Waals surface area contributed by atoms with Gasteiger partial charge in [0.15, 0.2) is 0 Å². The zero-order valence-corrected chi connectivity index (χ0v) is 12.2. The van der Waals surface area contributed by atoms with Gasteiger partial charge in [-0.1, -0.05) is 26.2 Å². The summed E-state index contributed by atoms with van der Waals surface area (Å²) in [5, 5.41) is 3.48. The van der Waals surface area contributed by atoms with Gasteiger partial charge in [0.1, 0.15) is 0 Å². The first kappa shape index (κ1) is 14.8. The van der Waals surface area contributed by atoms with E-state index in [0.717, 1.165) is 32.7 Å². The summed E-state index contributed by atoms with van der Waals surface area (Å²) in [6.45, 7) is 6.21. The summed E-state index contributed by atoms with van der Waals surface area (Å²) in [6.07, 6.45) is 7.75. The van der Waals surface area contributed by atoms with Gasteiger partial charge in [-0.05, 0) is 19.3 Å². The first-order valence-corrected chi connectivity index (χ1v) is 7.87. The summed E-state index contributed by atoms with van der Waals surface area (Å²) in [5.41, 5.74) is 0.109. The number of carbonyl (C=O) groups excluding carboxylic acids is 1. The van der Waals surface area contributed by atoms with Crippen molar-refractivity contribution in [3.8, 4) is 0 Å². The molecule has 1 N–H and O–H groups in total. The highest BCUT2D eigenvalue weighted by Gasteiger charge is 2.41. The molecule has 1 saturated heterocycles. The first-order chi connectivity index (χ1) is 9.28. The third kappa shape index (κ3) is 3.69. The molecule has 0 aromatic rings. The highest BCUT2D eigenvalue weighted by atomic mass is 16.5. The maximum Gasteiger partial charge on any atom is 0.225 e. The van der Waals surface area contributed by atoms with Crippen LogP contribution in [0.3, 0.4) is 0 Å². The topological polar surface area (TPSA) is 41.6 Å². The Balaban J connectivity index is 1.89. The molecule has 4 nitrogen and oxygen atoms in total. The monoisotopic (exact) mass is 268 g/mol. The van der Waals surface area contributed by atoms with Gasteiger partial charge in [-0.2, -0.15) is 0 Å². The molecule has 19 heavy (non-hydrogen) atoms. The lowest BCUT2D eigenvalue weighted by molar-refractivity contribution is -0.142. The predicted octanol–water partition coefficient (Wildman–Crippen LogP) is 1.94. The van der Waals surface area contributed by atoms with E-state index in [1.54, 1.807) is 0 Å². The van der Waals surface area contributed by atoms with Gasteiger partial charge >= 0.3 is 0 Å². The van der Waals surface area contributed by atoms with Crippen LogP contribution in [-0.4, -0.2) is 49.2 Å². The minimum absolute atomic E-state index is 0.109. The summed E-state index contributed by atoms with van der Waals surface area (Å²) in [7, 11) is 0. The molecule has 2 rings (SSSR count). The zero-order valence-electron chi connectivity index (χ0n) is 12.2. The maximum atomic E-state index is 12.5. The second kappa shape index (κ2) is 7.25. The van der Waals surface area contributed by atoms with Crippen LogP contribution in [0, 0.1) is 0 Å². The molecule has 0 aromatic carbocycles. The molecule has 0 unspecified atom stereocenters. The molecule has 1 spiro atoms. The fourth-order valence-electron chi connectivity index (χ4n) is 3.43. The quantitative estimate of drug-likeness (QED) is 0.775.